The van der Waals surface area contributed by atoms with E-state index in [9.17, 15) is 9.59 Å². The number of benzene rings is 1. The Labute approximate surface area is 112 Å². The molecule has 19 heavy (non-hydrogen) atoms. The van der Waals surface area contributed by atoms with Crippen LogP contribution in [0, 0.1) is 0 Å². The van der Waals surface area contributed by atoms with Crippen LogP contribution in [0.4, 0.5) is 4.79 Å². The Morgan fingerprint density at radius 1 is 1.26 bits per heavy atom. The molecular formula is C13H18N2O4. The molecule has 0 radical (unpaired) electrons. The average Bonchev–Trinajstić information content (AvgIpc) is 2.43. The summed E-state index contributed by atoms with van der Waals surface area (Å²) < 4.78 is 5.09. The van der Waals surface area contributed by atoms with Gasteiger partial charge in [0, 0.05) is 27.2 Å². The van der Waals surface area contributed by atoms with Crippen LogP contribution in [0.3, 0.4) is 0 Å². The second-order valence-electron chi connectivity index (χ2n) is 4.23. The number of aromatic hydroxyl groups is 1. The van der Waals surface area contributed by atoms with Crippen molar-refractivity contribution in [2.24, 2.45) is 0 Å². The maximum Gasteiger partial charge on any atom is 0.409 e. The number of carbonyl (C=O) groups is 2. The molecule has 0 saturated heterocycles. The van der Waals surface area contributed by atoms with Gasteiger partial charge in [-0.25, -0.2) is 4.79 Å². The lowest BCUT2D eigenvalue weighted by atomic mass is 10.2. The van der Waals surface area contributed by atoms with E-state index in [4.69, 9.17) is 9.84 Å². The van der Waals surface area contributed by atoms with Gasteiger partial charge in [0.2, 0.25) is 6.41 Å². The Morgan fingerprint density at radius 3 is 2.47 bits per heavy atom. The fraction of sp³-hybridized carbons (Fsp3) is 0.385. The van der Waals surface area contributed by atoms with Crippen LogP contribution in [0.15, 0.2) is 24.3 Å². The Morgan fingerprint density at radius 2 is 1.89 bits per heavy atom. The number of rotatable bonds is 6. The van der Waals surface area contributed by atoms with Gasteiger partial charge >= 0.3 is 6.09 Å². The number of nitrogens with zero attached hydrogens (tertiary/aromatic N) is 2. The minimum absolute atomic E-state index is 0.146. The lowest BCUT2D eigenvalue weighted by molar-refractivity contribution is -0.117. The molecule has 0 aliphatic carbocycles. The average molecular weight is 266 g/mol. The predicted molar refractivity (Wildman–Crippen MR) is 69.6 cm³/mol. The highest BCUT2D eigenvalue weighted by Crippen LogP contribution is 2.10. The standard InChI is InChI=1S/C13H18N2O4/c1-14(10-16)7-8-15(2)13(18)19-9-11-3-5-12(17)6-4-11/h3-6,10,17H,7-9H2,1-2H3. The normalized spacial score (nSPS) is 9.79. The van der Waals surface area contributed by atoms with Gasteiger partial charge in [-0.1, -0.05) is 12.1 Å². The molecule has 1 rings (SSSR count). The van der Waals surface area contributed by atoms with Gasteiger partial charge in [0.1, 0.15) is 12.4 Å². The van der Waals surface area contributed by atoms with Gasteiger partial charge < -0.3 is 19.6 Å². The molecule has 104 valence electrons. The number of ether oxygens (including phenoxy) is 1. The molecule has 2 amide bonds. The second kappa shape index (κ2) is 7.25. The zero-order chi connectivity index (χ0) is 14.3. The molecular weight excluding hydrogens is 248 g/mol. The van der Waals surface area contributed by atoms with E-state index >= 15 is 0 Å². The lowest BCUT2D eigenvalue weighted by Gasteiger charge is -2.19. The Balaban J connectivity index is 2.34. The van der Waals surface area contributed by atoms with Crippen molar-refractivity contribution in [3.63, 3.8) is 0 Å². The fourth-order valence-electron chi connectivity index (χ4n) is 1.30. The van der Waals surface area contributed by atoms with Crippen LogP contribution < -0.4 is 0 Å². The molecule has 6 nitrogen and oxygen atoms in total. The van der Waals surface area contributed by atoms with Crippen molar-refractivity contribution in [3.05, 3.63) is 29.8 Å². The highest BCUT2D eigenvalue weighted by Gasteiger charge is 2.10. The smallest absolute Gasteiger partial charge is 0.409 e. The van der Waals surface area contributed by atoms with Crippen molar-refractivity contribution in [2.45, 2.75) is 6.61 Å². The molecule has 0 saturated carbocycles. The third-order valence-corrected chi connectivity index (χ3v) is 2.58. The number of hydrogen-bond acceptors (Lipinski definition) is 4. The van der Waals surface area contributed by atoms with Crippen molar-refractivity contribution in [1.82, 2.24) is 9.80 Å². The summed E-state index contributed by atoms with van der Waals surface area (Å²) in [4.78, 5) is 24.9. The van der Waals surface area contributed by atoms with Crippen molar-refractivity contribution < 1.29 is 19.4 Å². The van der Waals surface area contributed by atoms with Gasteiger partial charge in [0.25, 0.3) is 0 Å². The van der Waals surface area contributed by atoms with Gasteiger partial charge in [0.15, 0.2) is 0 Å². The molecule has 1 aromatic carbocycles. The minimum Gasteiger partial charge on any atom is -0.508 e. The zero-order valence-corrected chi connectivity index (χ0v) is 11.1. The number of phenols is 1. The Bertz CT molecular complexity index is 419. The predicted octanol–water partition coefficient (Wildman–Crippen LogP) is 1.05. The van der Waals surface area contributed by atoms with Crippen LogP contribution in [0.1, 0.15) is 5.56 Å². The summed E-state index contributed by atoms with van der Waals surface area (Å²) in [5.74, 6) is 0.170. The van der Waals surface area contributed by atoms with E-state index in [1.54, 1.807) is 26.2 Å². The first-order chi connectivity index (χ1) is 9.02. The number of hydrogen-bond donors (Lipinski definition) is 1. The van der Waals surface area contributed by atoms with Gasteiger partial charge in [-0.15, -0.1) is 0 Å². The number of likely N-dealkylation sites (N-methyl/N-ethyl adjacent to an activating group) is 2. The van der Waals surface area contributed by atoms with Crippen molar-refractivity contribution >= 4 is 12.5 Å². The molecule has 0 bridgehead atoms. The largest absolute Gasteiger partial charge is 0.508 e. The van der Waals surface area contributed by atoms with Crippen molar-refractivity contribution in [1.29, 1.82) is 0 Å². The summed E-state index contributed by atoms with van der Waals surface area (Å²) >= 11 is 0. The van der Waals surface area contributed by atoms with Crippen LogP contribution >= 0.6 is 0 Å². The summed E-state index contributed by atoms with van der Waals surface area (Å²) in [6, 6.07) is 6.43. The van der Waals surface area contributed by atoms with E-state index in [0.29, 0.717) is 19.5 Å². The molecule has 6 heteroatoms. The first kappa shape index (κ1) is 14.8. The summed E-state index contributed by atoms with van der Waals surface area (Å²) in [5.41, 5.74) is 0.796. The highest BCUT2D eigenvalue weighted by atomic mass is 16.6. The fourth-order valence-corrected chi connectivity index (χ4v) is 1.30. The molecule has 0 unspecified atom stereocenters. The van der Waals surface area contributed by atoms with Crippen molar-refractivity contribution in [2.75, 3.05) is 27.2 Å². The van der Waals surface area contributed by atoms with Crippen LogP contribution in [0.5, 0.6) is 5.75 Å². The number of phenolic OH excluding ortho intramolecular Hbond substituents is 1. The SMILES string of the molecule is CN(C=O)CCN(C)C(=O)OCc1ccc(O)cc1. The monoisotopic (exact) mass is 266 g/mol. The minimum atomic E-state index is -0.452. The van der Waals surface area contributed by atoms with E-state index < -0.39 is 6.09 Å². The van der Waals surface area contributed by atoms with Gasteiger partial charge in [-0.3, -0.25) is 4.79 Å². The van der Waals surface area contributed by atoms with Gasteiger partial charge in [0.05, 0.1) is 0 Å². The van der Waals surface area contributed by atoms with Gasteiger partial charge in [-0.05, 0) is 17.7 Å². The molecule has 0 heterocycles. The summed E-state index contributed by atoms with van der Waals surface area (Å²) in [6.07, 6.45) is 0.252. The topological polar surface area (TPSA) is 70.1 Å². The molecule has 0 fully saturated rings. The van der Waals surface area contributed by atoms with Crippen LogP contribution in [-0.4, -0.2) is 54.6 Å². The van der Waals surface area contributed by atoms with E-state index in [1.165, 1.54) is 21.9 Å². The van der Waals surface area contributed by atoms with E-state index in [-0.39, 0.29) is 12.4 Å². The molecule has 0 aromatic heterocycles. The molecule has 0 aliphatic rings. The molecule has 0 spiro atoms. The van der Waals surface area contributed by atoms with Crippen molar-refractivity contribution in [3.8, 4) is 5.75 Å². The summed E-state index contributed by atoms with van der Waals surface area (Å²) in [7, 11) is 3.25. The maximum absolute atomic E-state index is 11.6. The highest BCUT2D eigenvalue weighted by molar-refractivity contribution is 5.67. The summed E-state index contributed by atoms with van der Waals surface area (Å²) in [6.45, 7) is 1.00. The third-order valence-electron chi connectivity index (χ3n) is 2.58. The number of carbonyl (C=O) groups excluding carboxylic acids is 2. The first-order valence-electron chi connectivity index (χ1n) is 5.84. The zero-order valence-electron chi connectivity index (χ0n) is 11.1. The van der Waals surface area contributed by atoms with Crippen LogP contribution in [0.25, 0.3) is 0 Å². The van der Waals surface area contributed by atoms with Crippen LogP contribution in [-0.2, 0) is 16.1 Å². The quantitative estimate of drug-likeness (QED) is 0.781. The second-order valence-corrected chi connectivity index (χ2v) is 4.23. The Kier molecular flexibility index (Phi) is 5.66. The van der Waals surface area contributed by atoms with E-state index in [2.05, 4.69) is 0 Å². The molecule has 0 atom stereocenters. The molecule has 0 aliphatic heterocycles. The van der Waals surface area contributed by atoms with E-state index in [0.717, 1.165) is 5.56 Å². The number of amides is 2. The Hall–Kier alpha value is -2.24. The van der Waals surface area contributed by atoms with Crippen LogP contribution in [0.2, 0.25) is 0 Å². The third kappa shape index (κ3) is 5.29. The maximum atomic E-state index is 11.6. The summed E-state index contributed by atoms with van der Waals surface area (Å²) in [5, 5.41) is 9.12. The van der Waals surface area contributed by atoms with E-state index in [1.807, 2.05) is 0 Å². The molecule has 1 N–H and O–H groups in total. The van der Waals surface area contributed by atoms with Gasteiger partial charge in [-0.2, -0.15) is 0 Å². The molecule has 1 aromatic rings. The first-order valence-corrected chi connectivity index (χ1v) is 5.84. The lowest BCUT2D eigenvalue weighted by Crippen LogP contribution is -2.34.